The van der Waals surface area contributed by atoms with Crippen LogP contribution >= 0.6 is 0 Å². The molecule has 0 radical (unpaired) electrons. The summed E-state index contributed by atoms with van der Waals surface area (Å²) in [5, 5.41) is 0. The molecule has 0 saturated carbocycles. The summed E-state index contributed by atoms with van der Waals surface area (Å²) in [5.74, 6) is 0.0641. The highest BCUT2D eigenvalue weighted by Gasteiger charge is 2.45. The average Bonchev–Trinajstić information content (AvgIpc) is 2.51. The molecule has 2 atom stereocenters. The Balaban J connectivity index is 2.10. The Morgan fingerprint density at radius 3 is 2.00 bits per heavy atom. The maximum absolute atomic E-state index is 11.7. The second-order valence-corrected chi connectivity index (χ2v) is 9.10. The van der Waals surface area contributed by atoms with Gasteiger partial charge < -0.3 is 0 Å². The van der Waals surface area contributed by atoms with Crippen LogP contribution < -0.4 is 4.72 Å². The first kappa shape index (κ1) is 14.2. The van der Waals surface area contributed by atoms with Gasteiger partial charge >= 0.3 is 0 Å². The molecule has 2 heterocycles. The fourth-order valence-corrected chi connectivity index (χ4v) is 5.44. The van der Waals surface area contributed by atoms with Gasteiger partial charge in [-0.25, -0.2) is 21.6 Å². The molecule has 0 amide bonds. The van der Waals surface area contributed by atoms with E-state index in [1.807, 2.05) is 0 Å². The van der Waals surface area contributed by atoms with Crippen LogP contribution in [0.25, 0.3) is 0 Å². The van der Waals surface area contributed by atoms with Crippen LogP contribution in [0.15, 0.2) is 0 Å². The lowest BCUT2D eigenvalue weighted by Crippen LogP contribution is -2.52. The van der Waals surface area contributed by atoms with Gasteiger partial charge in [0, 0.05) is 18.1 Å². The maximum Gasteiger partial charge on any atom is 0.211 e. The highest BCUT2D eigenvalue weighted by molar-refractivity contribution is 7.89. The van der Waals surface area contributed by atoms with Crippen molar-refractivity contribution in [3.8, 4) is 0 Å². The Morgan fingerprint density at radius 1 is 1.11 bits per heavy atom. The number of piperidine rings is 1. The minimum atomic E-state index is -3.21. The van der Waals surface area contributed by atoms with E-state index in [0.29, 0.717) is 12.8 Å². The number of hydrogen-bond acceptors (Lipinski definition) is 4. The van der Waals surface area contributed by atoms with E-state index in [4.69, 9.17) is 0 Å². The zero-order chi connectivity index (χ0) is 13.6. The highest BCUT2D eigenvalue weighted by atomic mass is 32.2. The minimum Gasteiger partial charge on any atom is -0.212 e. The van der Waals surface area contributed by atoms with E-state index >= 15 is 0 Å². The summed E-state index contributed by atoms with van der Waals surface area (Å²) < 4.78 is 50.7. The van der Waals surface area contributed by atoms with Crippen molar-refractivity contribution in [3.63, 3.8) is 0 Å². The van der Waals surface area contributed by atoms with Gasteiger partial charge in [0.05, 0.1) is 12.0 Å². The monoisotopic (exact) mass is 296 g/mol. The molecule has 0 spiro atoms. The van der Waals surface area contributed by atoms with Gasteiger partial charge in [0.2, 0.25) is 20.0 Å². The van der Waals surface area contributed by atoms with E-state index in [0.717, 1.165) is 12.8 Å². The van der Waals surface area contributed by atoms with Gasteiger partial charge in [-0.15, -0.1) is 0 Å². The SMILES string of the molecule is CCS(=O)(=O)NC1CC2CCC(C1)N2S(C)(=O)=O. The quantitative estimate of drug-likeness (QED) is 0.784. The molecule has 2 aliphatic heterocycles. The first-order valence-electron chi connectivity index (χ1n) is 6.21. The van der Waals surface area contributed by atoms with Crippen LogP contribution in [0.5, 0.6) is 0 Å². The smallest absolute Gasteiger partial charge is 0.211 e. The Hall–Kier alpha value is -0.180. The third kappa shape index (κ3) is 2.87. The molecule has 0 aromatic carbocycles. The molecule has 2 fully saturated rings. The third-order valence-electron chi connectivity index (χ3n) is 3.78. The van der Waals surface area contributed by atoms with Crippen LogP contribution in [0.4, 0.5) is 0 Å². The predicted molar refractivity (Wildman–Crippen MR) is 69.1 cm³/mol. The standard InChI is InChI=1S/C10H20N2O4S2/c1-3-18(15,16)11-8-6-9-4-5-10(7-8)12(9)17(2,13)14/h8-11H,3-7H2,1-2H3. The first-order chi connectivity index (χ1) is 8.23. The Kier molecular flexibility index (Phi) is 3.74. The summed E-state index contributed by atoms with van der Waals surface area (Å²) in [4.78, 5) is 0. The van der Waals surface area contributed by atoms with E-state index in [-0.39, 0.29) is 23.9 Å². The molecule has 0 aromatic rings. The molecule has 2 saturated heterocycles. The maximum atomic E-state index is 11.7. The van der Waals surface area contributed by atoms with Crippen LogP contribution in [0.3, 0.4) is 0 Å². The van der Waals surface area contributed by atoms with Gasteiger partial charge in [-0.2, -0.15) is 4.31 Å². The number of fused-ring (bicyclic) bond motifs is 2. The Bertz CT molecular complexity index is 500. The third-order valence-corrected chi connectivity index (χ3v) is 6.59. The van der Waals surface area contributed by atoms with Crippen LogP contribution in [-0.2, 0) is 20.0 Å². The largest absolute Gasteiger partial charge is 0.212 e. The lowest BCUT2D eigenvalue weighted by Gasteiger charge is -2.37. The molecule has 0 aromatic heterocycles. The van der Waals surface area contributed by atoms with Crippen LogP contribution in [0.2, 0.25) is 0 Å². The molecular weight excluding hydrogens is 276 g/mol. The molecular formula is C10H20N2O4S2. The minimum absolute atomic E-state index is 0.0386. The van der Waals surface area contributed by atoms with Gasteiger partial charge in [-0.3, -0.25) is 0 Å². The van der Waals surface area contributed by atoms with Crippen molar-refractivity contribution in [2.24, 2.45) is 0 Å². The molecule has 0 aliphatic carbocycles. The topological polar surface area (TPSA) is 83.6 Å². The Morgan fingerprint density at radius 2 is 1.61 bits per heavy atom. The Labute approximate surface area is 109 Å². The lowest BCUT2D eigenvalue weighted by molar-refractivity contribution is 0.221. The number of hydrogen-bond donors (Lipinski definition) is 1. The summed E-state index contributed by atoms with van der Waals surface area (Å²) in [6.45, 7) is 1.60. The number of nitrogens with zero attached hydrogens (tertiary/aromatic N) is 1. The molecule has 1 N–H and O–H groups in total. The van der Waals surface area contributed by atoms with E-state index in [9.17, 15) is 16.8 Å². The van der Waals surface area contributed by atoms with Gasteiger partial charge in [0.15, 0.2) is 0 Å². The van der Waals surface area contributed by atoms with Crippen molar-refractivity contribution < 1.29 is 16.8 Å². The summed E-state index contributed by atoms with van der Waals surface area (Å²) in [6, 6.07) is -0.197. The van der Waals surface area contributed by atoms with Crippen LogP contribution in [0, 0.1) is 0 Å². The molecule has 2 rings (SSSR count). The zero-order valence-electron chi connectivity index (χ0n) is 10.7. The molecule has 106 valence electrons. The van der Waals surface area contributed by atoms with Crippen molar-refractivity contribution in [1.82, 2.24) is 9.03 Å². The average molecular weight is 296 g/mol. The van der Waals surface area contributed by atoms with Crippen LogP contribution in [0.1, 0.15) is 32.6 Å². The van der Waals surface area contributed by atoms with E-state index < -0.39 is 20.0 Å². The van der Waals surface area contributed by atoms with Gasteiger partial charge in [-0.05, 0) is 32.6 Å². The number of sulfonamides is 2. The summed E-state index contributed by atoms with van der Waals surface area (Å²) in [7, 11) is -6.39. The van der Waals surface area contributed by atoms with Crippen molar-refractivity contribution in [1.29, 1.82) is 0 Å². The van der Waals surface area contributed by atoms with Gasteiger partial charge in [-0.1, -0.05) is 0 Å². The van der Waals surface area contributed by atoms with E-state index in [1.54, 1.807) is 11.2 Å². The van der Waals surface area contributed by atoms with Crippen molar-refractivity contribution >= 4 is 20.0 Å². The number of nitrogens with one attached hydrogen (secondary N) is 1. The molecule has 6 nitrogen and oxygen atoms in total. The van der Waals surface area contributed by atoms with Gasteiger partial charge in [0.25, 0.3) is 0 Å². The summed E-state index contributed by atoms with van der Waals surface area (Å²) in [6.07, 6.45) is 4.07. The normalized spacial score (nSPS) is 33.8. The molecule has 8 heteroatoms. The number of rotatable bonds is 4. The fourth-order valence-electron chi connectivity index (χ4n) is 3.11. The van der Waals surface area contributed by atoms with Crippen LogP contribution in [-0.4, -0.2) is 51.3 Å². The molecule has 2 bridgehead atoms. The molecule has 2 aliphatic rings. The first-order valence-corrected chi connectivity index (χ1v) is 9.71. The van der Waals surface area contributed by atoms with E-state index in [1.165, 1.54) is 6.26 Å². The lowest BCUT2D eigenvalue weighted by atomic mass is 10.0. The van der Waals surface area contributed by atoms with Crippen molar-refractivity contribution in [2.45, 2.75) is 50.7 Å². The molecule has 18 heavy (non-hydrogen) atoms. The zero-order valence-corrected chi connectivity index (χ0v) is 12.3. The second-order valence-electron chi connectivity index (χ2n) is 5.17. The van der Waals surface area contributed by atoms with E-state index in [2.05, 4.69) is 4.72 Å². The molecule has 2 unspecified atom stereocenters. The predicted octanol–water partition coefficient (Wildman–Crippen LogP) is -0.119. The van der Waals surface area contributed by atoms with Crippen molar-refractivity contribution in [3.05, 3.63) is 0 Å². The highest BCUT2D eigenvalue weighted by Crippen LogP contribution is 2.37. The fraction of sp³-hybridized carbons (Fsp3) is 1.00. The summed E-state index contributed by atoms with van der Waals surface area (Å²) in [5.41, 5.74) is 0. The second kappa shape index (κ2) is 4.73. The van der Waals surface area contributed by atoms with Crippen molar-refractivity contribution in [2.75, 3.05) is 12.0 Å². The van der Waals surface area contributed by atoms with Gasteiger partial charge in [0.1, 0.15) is 0 Å². The summed E-state index contributed by atoms with van der Waals surface area (Å²) >= 11 is 0.